The van der Waals surface area contributed by atoms with Crippen LogP contribution < -0.4 is 10.1 Å². The number of carbonyl (C=O) groups excluding carboxylic acids is 1. The summed E-state index contributed by atoms with van der Waals surface area (Å²) < 4.78 is 30.1. The minimum Gasteiger partial charge on any atom is -0.482 e. The Morgan fingerprint density at radius 3 is 2.77 bits per heavy atom. The summed E-state index contributed by atoms with van der Waals surface area (Å²) >= 11 is 10.5. The van der Waals surface area contributed by atoms with Gasteiger partial charge in [-0.2, -0.15) is 0 Å². The predicted octanol–water partition coefficient (Wildman–Crippen LogP) is 4.13. The van der Waals surface area contributed by atoms with Gasteiger partial charge >= 0.3 is 0 Å². The number of halogens is 2. The molecule has 1 N–H and O–H groups in total. The highest BCUT2D eigenvalue weighted by Crippen LogP contribution is 2.29. The first-order chi connectivity index (χ1) is 12.2. The largest absolute Gasteiger partial charge is 0.482 e. The van der Waals surface area contributed by atoms with Crippen LogP contribution in [0.1, 0.15) is 0 Å². The molecule has 1 amide bonds. The third kappa shape index (κ3) is 4.53. The number of rotatable bonds is 5. The van der Waals surface area contributed by atoms with Crippen molar-refractivity contribution in [1.82, 2.24) is 4.98 Å². The molecule has 2 aromatic carbocycles. The quantitative estimate of drug-likeness (QED) is 0.599. The van der Waals surface area contributed by atoms with Gasteiger partial charge in [0.15, 0.2) is 21.6 Å². The second-order valence-electron chi connectivity index (χ2n) is 5.33. The van der Waals surface area contributed by atoms with E-state index in [4.69, 9.17) is 16.3 Å². The number of fused-ring (bicyclic) bond motifs is 1. The zero-order valence-corrected chi connectivity index (χ0v) is 17.3. The molecule has 0 fully saturated rings. The Bertz CT molecular complexity index is 1100. The molecule has 3 aromatic rings. The Labute approximate surface area is 167 Å². The summed E-state index contributed by atoms with van der Waals surface area (Å²) in [7, 11) is -3.30. The van der Waals surface area contributed by atoms with Crippen LogP contribution in [0.2, 0.25) is 5.02 Å². The summed E-state index contributed by atoms with van der Waals surface area (Å²) in [6.45, 7) is -0.230. The molecule has 26 heavy (non-hydrogen) atoms. The molecule has 6 nitrogen and oxygen atoms in total. The molecule has 0 saturated carbocycles. The van der Waals surface area contributed by atoms with Gasteiger partial charge in [0, 0.05) is 10.7 Å². The molecule has 0 bridgehead atoms. The van der Waals surface area contributed by atoms with E-state index in [2.05, 4.69) is 26.2 Å². The van der Waals surface area contributed by atoms with E-state index in [1.165, 1.54) is 23.5 Å². The van der Waals surface area contributed by atoms with E-state index in [1.54, 1.807) is 24.3 Å². The number of nitrogens with one attached hydrogen (secondary N) is 1. The molecule has 10 heteroatoms. The highest BCUT2D eigenvalue weighted by atomic mass is 79.9. The number of aromatic nitrogens is 1. The Morgan fingerprint density at radius 1 is 1.31 bits per heavy atom. The molecule has 1 aromatic heterocycles. The maximum atomic E-state index is 12.0. The number of hydrogen-bond donors (Lipinski definition) is 1. The topological polar surface area (TPSA) is 85.4 Å². The number of amides is 1. The zero-order valence-electron chi connectivity index (χ0n) is 13.3. The lowest BCUT2D eigenvalue weighted by Crippen LogP contribution is -2.20. The van der Waals surface area contributed by atoms with Gasteiger partial charge in [-0.05, 0) is 36.4 Å². The summed E-state index contributed by atoms with van der Waals surface area (Å²) in [5, 5.41) is 3.38. The lowest BCUT2D eigenvalue weighted by atomic mass is 10.3. The smallest absolute Gasteiger partial charge is 0.264 e. The van der Waals surface area contributed by atoms with E-state index in [1.807, 2.05) is 0 Å². The number of thiazole rings is 1. The van der Waals surface area contributed by atoms with Gasteiger partial charge in [-0.1, -0.05) is 38.9 Å². The van der Waals surface area contributed by atoms with E-state index in [0.29, 0.717) is 26.1 Å². The average Bonchev–Trinajstić information content (AvgIpc) is 2.94. The highest BCUT2D eigenvalue weighted by molar-refractivity contribution is 9.10. The molecule has 0 spiro atoms. The van der Waals surface area contributed by atoms with Crippen LogP contribution in [0.4, 0.5) is 5.13 Å². The number of hydrogen-bond acceptors (Lipinski definition) is 6. The van der Waals surface area contributed by atoms with Crippen LogP contribution in [0.15, 0.2) is 45.8 Å². The van der Waals surface area contributed by atoms with Gasteiger partial charge in [-0.15, -0.1) is 0 Å². The fourth-order valence-electron chi connectivity index (χ4n) is 2.08. The molecule has 0 radical (unpaired) electrons. The van der Waals surface area contributed by atoms with Gasteiger partial charge < -0.3 is 4.74 Å². The van der Waals surface area contributed by atoms with Gasteiger partial charge in [-0.25, -0.2) is 13.4 Å². The van der Waals surface area contributed by atoms with Crippen molar-refractivity contribution in [3.63, 3.8) is 0 Å². The normalized spacial score (nSPS) is 11.5. The van der Waals surface area contributed by atoms with Crippen LogP contribution in [-0.4, -0.2) is 32.2 Å². The standard InChI is InChI=1S/C16H12BrClN2O4S2/c1-26(22,23)10-3-4-12-14(7-10)25-16(19-12)20-15(21)8-24-13-5-2-9(17)6-11(13)18/h2-7H,8H2,1H3,(H,19,20,21). The van der Waals surface area contributed by atoms with Gasteiger partial charge in [0.1, 0.15) is 5.75 Å². The first kappa shape index (κ1) is 19.1. The second kappa shape index (κ2) is 7.51. The first-order valence-corrected chi connectivity index (χ1v) is 11.1. The van der Waals surface area contributed by atoms with Crippen LogP contribution in [-0.2, 0) is 14.6 Å². The van der Waals surface area contributed by atoms with Gasteiger partial charge in [0.05, 0.1) is 20.1 Å². The number of anilines is 1. The Balaban J connectivity index is 1.69. The van der Waals surface area contributed by atoms with Crippen LogP contribution >= 0.6 is 38.9 Å². The van der Waals surface area contributed by atoms with Crippen molar-refractivity contribution in [2.24, 2.45) is 0 Å². The molecule has 136 valence electrons. The summed E-state index contributed by atoms with van der Waals surface area (Å²) in [5.74, 6) is -0.00140. The van der Waals surface area contributed by atoms with E-state index in [-0.39, 0.29) is 11.5 Å². The van der Waals surface area contributed by atoms with E-state index < -0.39 is 15.7 Å². The molecule has 0 atom stereocenters. The first-order valence-electron chi connectivity index (χ1n) is 7.21. The van der Waals surface area contributed by atoms with Crippen molar-refractivity contribution in [1.29, 1.82) is 0 Å². The number of benzene rings is 2. The molecular formula is C16H12BrClN2O4S2. The van der Waals surface area contributed by atoms with E-state index in [0.717, 1.165) is 10.7 Å². The van der Waals surface area contributed by atoms with Crippen LogP contribution in [0, 0.1) is 0 Å². The van der Waals surface area contributed by atoms with Crippen molar-refractivity contribution >= 4 is 70.0 Å². The number of sulfone groups is 1. The summed E-state index contributed by atoms with van der Waals surface area (Å²) in [6, 6.07) is 9.71. The zero-order chi connectivity index (χ0) is 18.9. The Kier molecular flexibility index (Phi) is 5.52. The van der Waals surface area contributed by atoms with Crippen LogP contribution in [0.5, 0.6) is 5.75 Å². The fourth-order valence-corrected chi connectivity index (χ4v) is 4.45. The molecule has 3 rings (SSSR count). The van der Waals surface area contributed by atoms with E-state index in [9.17, 15) is 13.2 Å². The summed E-state index contributed by atoms with van der Waals surface area (Å²) in [5.41, 5.74) is 0.606. The van der Waals surface area contributed by atoms with Gasteiger partial charge in [0.2, 0.25) is 0 Å². The number of nitrogens with zero attached hydrogens (tertiary/aromatic N) is 1. The number of carbonyl (C=O) groups is 1. The second-order valence-corrected chi connectivity index (χ2v) is 9.70. The van der Waals surface area contributed by atoms with E-state index >= 15 is 0 Å². The Hall–Kier alpha value is -1.68. The van der Waals surface area contributed by atoms with Gasteiger partial charge in [0.25, 0.3) is 5.91 Å². The summed E-state index contributed by atoms with van der Waals surface area (Å²) in [4.78, 5) is 16.5. The molecule has 0 aliphatic heterocycles. The third-order valence-electron chi connectivity index (χ3n) is 3.29. The predicted molar refractivity (Wildman–Crippen MR) is 106 cm³/mol. The molecule has 0 unspecified atom stereocenters. The lowest BCUT2D eigenvalue weighted by Gasteiger charge is -2.07. The minimum absolute atomic E-state index is 0.208. The Morgan fingerprint density at radius 2 is 2.08 bits per heavy atom. The van der Waals surface area contributed by atoms with Crippen molar-refractivity contribution in [2.45, 2.75) is 4.90 Å². The maximum Gasteiger partial charge on any atom is 0.264 e. The molecule has 0 aliphatic carbocycles. The lowest BCUT2D eigenvalue weighted by molar-refractivity contribution is -0.118. The molecular weight excluding hydrogens is 464 g/mol. The van der Waals surface area contributed by atoms with Crippen molar-refractivity contribution in [3.05, 3.63) is 45.9 Å². The number of ether oxygens (including phenoxy) is 1. The minimum atomic E-state index is -3.30. The maximum absolute atomic E-state index is 12.0. The molecule has 0 saturated heterocycles. The highest BCUT2D eigenvalue weighted by Gasteiger charge is 2.13. The molecule has 1 heterocycles. The fraction of sp³-hybridized carbons (Fsp3) is 0.125. The van der Waals surface area contributed by atoms with Crippen LogP contribution in [0.3, 0.4) is 0 Å². The van der Waals surface area contributed by atoms with Crippen molar-refractivity contribution in [2.75, 3.05) is 18.2 Å². The third-order valence-corrected chi connectivity index (χ3v) is 6.12. The molecule has 0 aliphatic rings. The summed E-state index contributed by atoms with van der Waals surface area (Å²) in [6.07, 6.45) is 1.14. The van der Waals surface area contributed by atoms with Crippen LogP contribution in [0.25, 0.3) is 10.2 Å². The monoisotopic (exact) mass is 474 g/mol. The van der Waals surface area contributed by atoms with Crippen molar-refractivity contribution in [3.8, 4) is 5.75 Å². The average molecular weight is 476 g/mol. The van der Waals surface area contributed by atoms with Crippen molar-refractivity contribution < 1.29 is 17.9 Å². The van der Waals surface area contributed by atoms with Gasteiger partial charge in [-0.3, -0.25) is 10.1 Å². The SMILES string of the molecule is CS(=O)(=O)c1ccc2nc(NC(=O)COc3ccc(Br)cc3Cl)sc2c1.